The molecule has 1 aliphatic carbocycles. The van der Waals surface area contributed by atoms with Gasteiger partial charge in [0.2, 0.25) is 11.7 Å². The smallest absolute Gasteiger partial charge is 0.349 e. The largest absolute Gasteiger partial charge is 0.451 e. The van der Waals surface area contributed by atoms with E-state index in [1.807, 2.05) is 0 Å². The van der Waals surface area contributed by atoms with Gasteiger partial charge in [-0.15, -0.1) is 0 Å². The molecule has 3 heterocycles. The summed E-state index contributed by atoms with van der Waals surface area (Å²) >= 11 is 0. The SMILES string of the molecule is O=C(NCc1cc(-c2cnc(C(F)(F)F)nc2)ncn1)[C@@H]1CCC2(CC2)N1. The van der Waals surface area contributed by atoms with Gasteiger partial charge in [-0.2, -0.15) is 13.2 Å². The van der Waals surface area contributed by atoms with E-state index in [0.717, 1.165) is 38.1 Å². The van der Waals surface area contributed by atoms with Crippen LogP contribution < -0.4 is 10.6 Å². The van der Waals surface area contributed by atoms with Crippen LogP contribution in [0.15, 0.2) is 24.8 Å². The van der Waals surface area contributed by atoms with Crippen molar-refractivity contribution in [2.45, 2.75) is 50.0 Å². The van der Waals surface area contributed by atoms with E-state index in [4.69, 9.17) is 0 Å². The quantitative estimate of drug-likeness (QED) is 0.844. The third-order valence-electron chi connectivity index (χ3n) is 4.93. The van der Waals surface area contributed by atoms with Gasteiger partial charge in [-0.3, -0.25) is 4.79 Å². The summed E-state index contributed by atoms with van der Waals surface area (Å²) in [4.78, 5) is 27.1. The number of nitrogens with one attached hydrogen (secondary N) is 2. The van der Waals surface area contributed by atoms with Crippen molar-refractivity contribution >= 4 is 5.91 Å². The first-order valence-electron chi connectivity index (χ1n) is 8.61. The fourth-order valence-corrected chi connectivity index (χ4v) is 3.24. The first-order chi connectivity index (χ1) is 12.8. The van der Waals surface area contributed by atoms with E-state index in [9.17, 15) is 18.0 Å². The number of hydrogen-bond acceptors (Lipinski definition) is 6. The van der Waals surface area contributed by atoms with Gasteiger partial charge < -0.3 is 10.6 Å². The highest BCUT2D eigenvalue weighted by atomic mass is 19.4. The van der Waals surface area contributed by atoms with Gasteiger partial charge in [0.15, 0.2) is 0 Å². The van der Waals surface area contributed by atoms with Crippen molar-refractivity contribution in [3.63, 3.8) is 0 Å². The van der Waals surface area contributed by atoms with Crippen LogP contribution in [-0.4, -0.2) is 37.4 Å². The highest BCUT2D eigenvalue weighted by Gasteiger charge is 2.49. The molecule has 4 rings (SSSR count). The maximum absolute atomic E-state index is 12.5. The number of aromatic nitrogens is 4. The molecule has 1 aliphatic heterocycles. The number of carbonyl (C=O) groups is 1. The van der Waals surface area contributed by atoms with Gasteiger partial charge >= 0.3 is 6.18 Å². The standard InChI is InChI=1S/C17H17F3N6O/c18-17(19,20)15-22-6-10(7-23-15)13-5-11(24-9-25-13)8-21-14(27)12-1-2-16(26-12)3-4-16/h5-7,9,12,26H,1-4,8H2,(H,21,27)/t12-/m0/s1. The summed E-state index contributed by atoms with van der Waals surface area (Å²) < 4.78 is 37.6. The van der Waals surface area contributed by atoms with Gasteiger partial charge in [-0.1, -0.05) is 0 Å². The van der Waals surface area contributed by atoms with Gasteiger partial charge in [0, 0.05) is 23.5 Å². The van der Waals surface area contributed by atoms with Crippen molar-refractivity contribution in [1.29, 1.82) is 0 Å². The molecule has 2 aromatic heterocycles. The summed E-state index contributed by atoms with van der Waals surface area (Å²) in [5.41, 5.74) is 1.46. The zero-order valence-corrected chi connectivity index (χ0v) is 14.3. The molecule has 1 saturated heterocycles. The first kappa shape index (κ1) is 17.8. The Hall–Kier alpha value is -2.62. The molecular formula is C17H17F3N6O. The van der Waals surface area contributed by atoms with Crippen LogP contribution in [0.3, 0.4) is 0 Å². The van der Waals surface area contributed by atoms with E-state index < -0.39 is 12.0 Å². The molecule has 1 amide bonds. The van der Waals surface area contributed by atoms with Crippen LogP contribution in [0.25, 0.3) is 11.3 Å². The zero-order valence-electron chi connectivity index (χ0n) is 14.3. The van der Waals surface area contributed by atoms with Gasteiger partial charge in [-0.05, 0) is 31.7 Å². The van der Waals surface area contributed by atoms with Crippen LogP contribution >= 0.6 is 0 Å². The lowest BCUT2D eigenvalue weighted by molar-refractivity contribution is -0.145. The first-order valence-corrected chi connectivity index (χ1v) is 8.61. The number of amides is 1. The molecule has 0 unspecified atom stereocenters. The van der Waals surface area contributed by atoms with Gasteiger partial charge in [0.25, 0.3) is 0 Å². The number of carbonyl (C=O) groups excluding carboxylic acids is 1. The summed E-state index contributed by atoms with van der Waals surface area (Å²) in [6.45, 7) is 0.209. The van der Waals surface area contributed by atoms with Gasteiger partial charge in [0.1, 0.15) is 6.33 Å². The second-order valence-corrected chi connectivity index (χ2v) is 6.92. The van der Waals surface area contributed by atoms with Crippen LogP contribution in [0.2, 0.25) is 0 Å². The normalized spacial score (nSPS) is 20.6. The topological polar surface area (TPSA) is 92.7 Å². The molecule has 10 heteroatoms. The fraction of sp³-hybridized carbons (Fsp3) is 0.471. The summed E-state index contributed by atoms with van der Waals surface area (Å²) in [5.74, 6) is -1.28. The van der Waals surface area contributed by atoms with Crippen molar-refractivity contribution in [3.05, 3.63) is 36.3 Å². The molecule has 142 valence electrons. The molecule has 2 aliphatic rings. The van der Waals surface area contributed by atoms with Crippen LogP contribution in [-0.2, 0) is 17.5 Å². The Morgan fingerprint density at radius 3 is 2.56 bits per heavy atom. The molecule has 0 radical (unpaired) electrons. The molecule has 2 aromatic rings. The lowest BCUT2D eigenvalue weighted by Gasteiger charge is -2.13. The molecule has 2 fully saturated rings. The maximum Gasteiger partial charge on any atom is 0.451 e. The summed E-state index contributed by atoms with van der Waals surface area (Å²) in [7, 11) is 0. The Labute approximate surface area is 152 Å². The Morgan fingerprint density at radius 2 is 1.93 bits per heavy atom. The molecule has 1 saturated carbocycles. The highest BCUT2D eigenvalue weighted by Crippen LogP contribution is 2.44. The van der Waals surface area contributed by atoms with E-state index in [2.05, 4.69) is 30.6 Å². The van der Waals surface area contributed by atoms with E-state index in [0.29, 0.717) is 17.0 Å². The minimum atomic E-state index is -4.59. The van der Waals surface area contributed by atoms with Gasteiger partial charge in [0.05, 0.1) is 24.0 Å². The fourth-order valence-electron chi connectivity index (χ4n) is 3.24. The number of hydrogen-bond donors (Lipinski definition) is 2. The molecule has 7 nitrogen and oxygen atoms in total. The lowest BCUT2D eigenvalue weighted by atomic mass is 10.1. The van der Waals surface area contributed by atoms with Crippen molar-refractivity contribution < 1.29 is 18.0 Å². The van der Waals surface area contributed by atoms with E-state index in [1.165, 1.54) is 6.33 Å². The van der Waals surface area contributed by atoms with E-state index >= 15 is 0 Å². The van der Waals surface area contributed by atoms with Crippen LogP contribution in [0, 0.1) is 0 Å². The Bertz CT molecular complexity index is 850. The van der Waals surface area contributed by atoms with E-state index in [-0.39, 0.29) is 24.0 Å². The minimum Gasteiger partial charge on any atom is -0.349 e. The highest BCUT2D eigenvalue weighted by molar-refractivity contribution is 5.82. The number of rotatable bonds is 4. The molecule has 2 N–H and O–H groups in total. The minimum absolute atomic E-state index is 0.0724. The van der Waals surface area contributed by atoms with Crippen molar-refractivity contribution in [2.75, 3.05) is 0 Å². The summed E-state index contributed by atoms with van der Waals surface area (Å²) in [6.07, 6.45) is 2.94. The summed E-state index contributed by atoms with van der Waals surface area (Å²) in [6, 6.07) is 1.41. The molecule has 0 aromatic carbocycles. The number of halogens is 3. The van der Waals surface area contributed by atoms with Crippen molar-refractivity contribution in [1.82, 2.24) is 30.6 Å². The lowest BCUT2D eigenvalue weighted by Crippen LogP contribution is -2.43. The molecular weight excluding hydrogens is 361 g/mol. The monoisotopic (exact) mass is 378 g/mol. The average molecular weight is 378 g/mol. The van der Waals surface area contributed by atoms with Gasteiger partial charge in [-0.25, -0.2) is 19.9 Å². The predicted octanol–water partition coefficient (Wildman–Crippen LogP) is 1.85. The van der Waals surface area contributed by atoms with Crippen molar-refractivity contribution in [3.8, 4) is 11.3 Å². The average Bonchev–Trinajstić information content (AvgIpc) is 3.28. The maximum atomic E-state index is 12.5. The van der Waals surface area contributed by atoms with Crippen LogP contribution in [0.1, 0.15) is 37.2 Å². The second kappa shape index (κ2) is 6.52. The Kier molecular flexibility index (Phi) is 4.29. The predicted molar refractivity (Wildman–Crippen MR) is 88.0 cm³/mol. The number of nitrogens with zero attached hydrogens (tertiary/aromatic N) is 4. The molecule has 0 bridgehead atoms. The molecule has 27 heavy (non-hydrogen) atoms. The van der Waals surface area contributed by atoms with Crippen LogP contribution in [0.5, 0.6) is 0 Å². The molecule has 1 spiro atoms. The Balaban J connectivity index is 1.39. The second-order valence-electron chi connectivity index (χ2n) is 6.92. The summed E-state index contributed by atoms with van der Waals surface area (Å²) in [5, 5.41) is 6.22. The van der Waals surface area contributed by atoms with E-state index in [1.54, 1.807) is 6.07 Å². The zero-order chi connectivity index (χ0) is 19.1. The third kappa shape index (κ3) is 3.90. The number of alkyl halides is 3. The Morgan fingerprint density at radius 1 is 1.19 bits per heavy atom. The van der Waals surface area contributed by atoms with Crippen molar-refractivity contribution in [2.24, 2.45) is 0 Å². The molecule has 1 atom stereocenters. The third-order valence-corrected chi connectivity index (χ3v) is 4.93. The van der Waals surface area contributed by atoms with Crippen LogP contribution in [0.4, 0.5) is 13.2 Å².